The molecule has 2 atom stereocenters. The van der Waals surface area contributed by atoms with Crippen LogP contribution in [0.3, 0.4) is 0 Å². The molecule has 0 aliphatic heterocycles. The summed E-state index contributed by atoms with van der Waals surface area (Å²) in [6.45, 7) is 5.45. The molecule has 20 heavy (non-hydrogen) atoms. The van der Waals surface area contributed by atoms with Crippen LogP contribution in [0.1, 0.15) is 27.2 Å². The zero-order valence-corrected chi connectivity index (χ0v) is 12.1. The maximum absolute atomic E-state index is 12.1. The molecule has 0 saturated heterocycles. The first-order valence-corrected chi connectivity index (χ1v) is 6.77. The lowest BCUT2D eigenvalue weighted by Gasteiger charge is -2.19. The third-order valence-electron chi connectivity index (χ3n) is 2.68. The number of hydrogen-bond acceptors (Lipinski definition) is 4. The highest BCUT2D eigenvalue weighted by atomic mass is 16.5. The van der Waals surface area contributed by atoms with E-state index in [9.17, 15) is 9.59 Å². The third kappa shape index (κ3) is 4.91. The van der Waals surface area contributed by atoms with E-state index in [0.29, 0.717) is 12.2 Å². The minimum atomic E-state index is -0.684. The van der Waals surface area contributed by atoms with Crippen molar-refractivity contribution in [3.63, 3.8) is 0 Å². The van der Waals surface area contributed by atoms with Crippen molar-refractivity contribution in [3.8, 4) is 5.75 Å². The van der Waals surface area contributed by atoms with Crippen LogP contribution in [0.4, 0.5) is 0 Å². The Hall–Kier alpha value is -2.04. The van der Waals surface area contributed by atoms with Crippen LogP contribution < -0.4 is 10.1 Å². The highest BCUT2D eigenvalue weighted by Gasteiger charge is 2.23. The smallest absolute Gasteiger partial charge is 0.328 e. The molecule has 1 N–H and O–H groups in total. The van der Waals surface area contributed by atoms with Crippen LogP contribution in [0, 0.1) is 0 Å². The minimum absolute atomic E-state index is 0.288. The van der Waals surface area contributed by atoms with Gasteiger partial charge >= 0.3 is 5.97 Å². The van der Waals surface area contributed by atoms with Crippen LogP contribution in [-0.4, -0.2) is 30.6 Å². The van der Waals surface area contributed by atoms with E-state index >= 15 is 0 Å². The Morgan fingerprint density at radius 1 is 1.20 bits per heavy atom. The number of esters is 1. The molecule has 0 heterocycles. The van der Waals surface area contributed by atoms with Gasteiger partial charge < -0.3 is 14.8 Å². The molecule has 2 unspecified atom stereocenters. The van der Waals surface area contributed by atoms with Gasteiger partial charge in [0.25, 0.3) is 5.91 Å². The molecule has 0 radical (unpaired) electrons. The van der Waals surface area contributed by atoms with Gasteiger partial charge in [0.1, 0.15) is 11.8 Å². The van der Waals surface area contributed by atoms with E-state index in [2.05, 4.69) is 5.32 Å². The van der Waals surface area contributed by atoms with Crippen molar-refractivity contribution >= 4 is 11.9 Å². The molecule has 5 heteroatoms. The van der Waals surface area contributed by atoms with Crippen LogP contribution in [-0.2, 0) is 14.3 Å². The van der Waals surface area contributed by atoms with E-state index in [1.165, 1.54) is 0 Å². The van der Waals surface area contributed by atoms with Gasteiger partial charge in [0, 0.05) is 0 Å². The van der Waals surface area contributed by atoms with Gasteiger partial charge in [-0.05, 0) is 32.4 Å². The van der Waals surface area contributed by atoms with Gasteiger partial charge in [-0.25, -0.2) is 4.79 Å². The van der Waals surface area contributed by atoms with Crippen molar-refractivity contribution < 1.29 is 19.1 Å². The molecule has 5 nitrogen and oxygen atoms in total. The number of ether oxygens (including phenoxy) is 2. The Balaban J connectivity index is 2.57. The Kier molecular flexibility index (Phi) is 6.56. The number of amides is 1. The van der Waals surface area contributed by atoms with Gasteiger partial charge in [-0.15, -0.1) is 0 Å². The lowest BCUT2D eigenvalue weighted by atomic mass is 10.2. The summed E-state index contributed by atoms with van der Waals surface area (Å²) in [5.74, 6) is -0.148. The maximum atomic E-state index is 12.1. The van der Waals surface area contributed by atoms with E-state index in [1.54, 1.807) is 26.0 Å². The summed E-state index contributed by atoms with van der Waals surface area (Å²) >= 11 is 0. The zero-order chi connectivity index (χ0) is 15.0. The first kappa shape index (κ1) is 16.0. The lowest BCUT2D eigenvalue weighted by molar-refractivity contribution is -0.147. The number of rotatable bonds is 7. The SMILES string of the molecule is CCOC(=O)C(C)NC(=O)C(CC)Oc1ccccc1. The predicted octanol–water partition coefficient (Wildman–Crippen LogP) is 1.91. The summed E-state index contributed by atoms with van der Waals surface area (Å²) < 4.78 is 10.4. The first-order valence-electron chi connectivity index (χ1n) is 6.77. The summed E-state index contributed by atoms with van der Waals surface area (Å²) in [5, 5.41) is 2.60. The second-order valence-corrected chi connectivity index (χ2v) is 4.31. The Morgan fingerprint density at radius 3 is 2.40 bits per heavy atom. The van der Waals surface area contributed by atoms with Gasteiger partial charge in [-0.2, -0.15) is 0 Å². The van der Waals surface area contributed by atoms with E-state index in [4.69, 9.17) is 9.47 Å². The van der Waals surface area contributed by atoms with Crippen LogP contribution in [0.5, 0.6) is 5.75 Å². The Bertz CT molecular complexity index is 433. The molecular weight excluding hydrogens is 258 g/mol. The highest BCUT2D eigenvalue weighted by molar-refractivity contribution is 5.86. The van der Waals surface area contributed by atoms with Crippen molar-refractivity contribution in [2.45, 2.75) is 39.3 Å². The molecule has 0 saturated carbocycles. The monoisotopic (exact) mass is 279 g/mol. The number of nitrogens with one attached hydrogen (secondary N) is 1. The molecular formula is C15H21NO4. The van der Waals surface area contributed by atoms with Crippen molar-refractivity contribution in [3.05, 3.63) is 30.3 Å². The third-order valence-corrected chi connectivity index (χ3v) is 2.68. The van der Waals surface area contributed by atoms with E-state index in [1.807, 2.05) is 25.1 Å². The average Bonchev–Trinajstić information content (AvgIpc) is 2.45. The number of para-hydroxylation sites is 1. The fourth-order valence-corrected chi connectivity index (χ4v) is 1.62. The molecule has 0 spiro atoms. The van der Waals surface area contributed by atoms with Crippen LogP contribution in [0.2, 0.25) is 0 Å². The quantitative estimate of drug-likeness (QED) is 0.774. The van der Waals surface area contributed by atoms with Crippen molar-refractivity contribution in [2.75, 3.05) is 6.61 Å². The van der Waals surface area contributed by atoms with Gasteiger partial charge in [0.15, 0.2) is 6.10 Å². The molecule has 0 bridgehead atoms. The summed E-state index contributed by atoms with van der Waals surface area (Å²) in [6.07, 6.45) is -0.120. The molecule has 0 aromatic heterocycles. The molecule has 1 aromatic rings. The fourth-order valence-electron chi connectivity index (χ4n) is 1.62. The largest absolute Gasteiger partial charge is 0.481 e. The van der Waals surface area contributed by atoms with Crippen molar-refractivity contribution in [1.82, 2.24) is 5.32 Å². The molecule has 0 aliphatic carbocycles. The number of carbonyl (C=O) groups excluding carboxylic acids is 2. The predicted molar refractivity (Wildman–Crippen MR) is 75.4 cm³/mol. The normalized spacial score (nSPS) is 13.2. The number of hydrogen-bond donors (Lipinski definition) is 1. The van der Waals surface area contributed by atoms with Crippen molar-refractivity contribution in [2.24, 2.45) is 0 Å². The maximum Gasteiger partial charge on any atom is 0.328 e. The zero-order valence-electron chi connectivity index (χ0n) is 12.1. The second kappa shape index (κ2) is 8.19. The van der Waals surface area contributed by atoms with Gasteiger partial charge in [0.2, 0.25) is 0 Å². The van der Waals surface area contributed by atoms with E-state index in [-0.39, 0.29) is 12.5 Å². The van der Waals surface area contributed by atoms with Crippen LogP contribution in [0.25, 0.3) is 0 Å². The van der Waals surface area contributed by atoms with E-state index in [0.717, 1.165) is 0 Å². The molecule has 1 rings (SSSR count). The number of benzene rings is 1. The average molecular weight is 279 g/mol. The first-order chi connectivity index (χ1) is 9.58. The summed E-state index contributed by atoms with van der Waals surface area (Å²) in [4.78, 5) is 23.5. The fraction of sp³-hybridized carbons (Fsp3) is 0.467. The minimum Gasteiger partial charge on any atom is -0.481 e. The van der Waals surface area contributed by atoms with Gasteiger partial charge in [-0.3, -0.25) is 4.79 Å². The van der Waals surface area contributed by atoms with E-state index < -0.39 is 18.1 Å². The molecule has 1 aromatic carbocycles. The molecule has 110 valence electrons. The van der Waals surface area contributed by atoms with Crippen LogP contribution >= 0.6 is 0 Å². The Morgan fingerprint density at radius 2 is 1.85 bits per heavy atom. The second-order valence-electron chi connectivity index (χ2n) is 4.31. The molecule has 1 amide bonds. The molecule has 0 fully saturated rings. The van der Waals surface area contributed by atoms with Crippen molar-refractivity contribution in [1.29, 1.82) is 0 Å². The standard InChI is InChI=1S/C15H21NO4/c1-4-13(20-12-9-7-6-8-10-12)14(17)16-11(3)15(18)19-5-2/h6-11,13H,4-5H2,1-3H3,(H,16,17). The van der Waals surface area contributed by atoms with Crippen LogP contribution in [0.15, 0.2) is 30.3 Å². The highest BCUT2D eigenvalue weighted by Crippen LogP contribution is 2.12. The van der Waals surface area contributed by atoms with Gasteiger partial charge in [-0.1, -0.05) is 25.1 Å². The van der Waals surface area contributed by atoms with Gasteiger partial charge in [0.05, 0.1) is 6.61 Å². The topological polar surface area (TPSA) is 64.6 Å². The lowest BCUT2D eigenvalue weighted by Crippen LogP contribution is -2.46. The Labute approximate surface area is 119 Å². The summed E-state index contributed by atoms with van der Waals surface area (Å²) in [6, 6.07) is 8.42. The molecule has 0 aliphatic rings. The number of carbonyl (C=O) groups is 2. The summed E-state index contributed by atoms with van der Waals surface area (Å²) in [5.41, 5.74) is 0. The summed E-state index contributed by atoms with van der Waals surface area (Å²) in [7, 11) is 0.